The summed E-state index contributed by atoms with van der Waals surface area (Å²) in [5, 5.41) is 10.0. The summed E-state index contributed by atoms with van der Waals surface area (Å²) >= 11 is 1.58. The second-order valence-corrected chi connectivity index (χ2v) is 6.97. The first-order valence-electron chi connectivity index (χ1n) is 6.37. The maximum absolute atomic E-state index is 11.7. The lowest BCUT2D eigenvalue weighted by molar-refractivity contribution is 0.0274. The first-order chi connectivity index (χ1) is 8.69. The number of ether oxygens (including phenoxy) is 1. The molecule has 1 amide bonds. The summed E-state index contributed by atoms with van der Waals surface area (Å²) in [6, 6.07) is 3.92. The number of thiophene rings is 1. The molecule has 1 rings (SSSR count). The Morgan fingerprint density at radius 3 is 2.58 bits per heavy atom. The van der Waals surface area contributed by atoms with E-state index in [2.05, 4.69) is 0 Å². The van der Waals surface area contributed by atoms with Crippen LogP contribution in [0.15, 0.2) is 12.1 Å². The summed E-state index contributed by atoms with van der Waals surface area (Å²) in [4.78, 5) is 15.3. The highest BCUT2D eigenvalue weighted by atomic mass is 32.1. The molecule has 0 bridgehead atoms. The second kappa shape index (κ2) is 6.39. The van der Waals surface area contributed by atoms with Gasteiger partial charge in [0.2, 0.25) is 0 Å². The van der Waals surface area contributed by atoms with Crippen molar-refractivity contribution in [3.63, 3.8) is 0 Å². The molecule has 1 aromatic rings. The van der Waals surface area contributed by atoms with Crippen LogP contribution >= 0.6 is 11.3 Å². The Balaban J connectivity index is 2.41. The fourth-order valence-electron chi connectivity index (χ4n) is 1.52. The van der Waals surface area contributed by atoms with Crippen molar-refractivity contribution in [1.82, 2.24) is 4.90 Å². The number of aliphatic hydroxyl groups excluding tert-OH is 1. The normalized spacial score (nSPS) is 13.2. The lowest BCUT2D eigenvalue weighted by Crippen LogP contribution is -2.35. The van der Waals surface area contributed by atoms with Crippen molar-refractivity contribution in [3.05, 3.63) is 21.9 Å². The fourth-order valence-corrected chi connectivity index (χ4v) is 2.42. The molecule has 108 valence electrons. The van der Waals surface area contributed by atoms with Crippen molar-refractivity contribution < 1.29 is 14.6 Å². The monoisotopic (exact) mass is 285 g/mol. The minimum absolute atomic E-state index is 0.359. The summed E-state index contributed by atoms with van der Waals surface area (Å²) in [5.74, 6) is 0. The van der Waals surface area contributed by atoms with E-state index in [1.54, 1.807) is 18.4 Å². The van der Waals surface area contributed by atoms with Gasteiger partial charge in [-0.15, -0.1) is 11.3 Å². The molecule has 0 aliphatic carbocycles. The van der Waals surface area contributed by atoms with Crippen molar-refractivity contribution >= 4 is 17.4 Å². The topological polar surface area (TPSA) is 49.8 Å². The average Bonchev–Trinajstić information content (AvgIpc) is 2.69. The molecule has 0 radical (unpaired) electrons. The van der Waals surface area contributed by atoms with E-state index in [0.717, 1.165) is 4.88 Å². The number of hydrogen-bond acceptors (Lipinski definition) is 4. The predicted molar refractivity (Wildman–Crippen MR) is 77.5 cm³/mol. The molecule has 1 heterocycles. The van der Waals surface area contributed by atoms with E-state index >= 15 is 0 Å². The molecule has 19 heavy (non-hydrogen) atoms. The number of rotatable bonds is 4. The zero-order chi connectivity index (χ0) is 14.6. The third kappa shape index (κ3) is 5.61. The van der Waals surface area contributed by atoms with Crippen LogP contribution < -0.4 is 0 Å². The molecule has 0 saturated heterocycles. The number of nitrogens with zero attached hydrogens (tertiary/aromatic N) is 1. The number of hydrogen-bond donors (Lipinski definition) is 1. The third-order valence-corrected chi connectivity index (χ3v) is 3.63. The molecule has 0 fully saturated rings. The lowest BCUT2D eigenvalue weighted by Gasteiger charge is -2.25. The molecular weight excluding hydrogens is 262 g/mol. The number of carbonyl (C=O) groups is 1. The van der Waals surface area contributed by atoms with Gasteiger partial charge in [0, 0.05) is 23.3 Å². The molecule has 0 aliphatic rings. The SMILES string of the molecule is Cc1ccc(C(O)CCN(C)C(=O)OC(C)(C)C)s1. The smallest absolute Gasteiger partial charge is 0.410 e. The molecule has 0 aliphatic heterocycles. The van der Waals surface area contributed by atoms with E-state index in [4.69, 9.17) is 4.74 Å². The van der Waals surface area contributed by atoms with Crippen molar-refractivity contribution in [3.8, 4) is 0 Å². The van der Waals surface area contributed by atoms with E-state index in [1.807, 2.05) is 39.8 Å². The summed E-state index contributed by atoms with van der Waals surface area (Å²) in [6.45, 7) is 7.98. The fraction of sp³-hybridized carbons (Fsp3) is 0.643. The van der Waals surface area contributed by atoms with Gasteiger partial charge in [-0.05, 0) is 46.2 Å². The Labute approximate surface area is 119 Å². The van der Waals surface area contributed by atoms with Crippen LogP contribution in [0.5, 0.6) is 0 Å². The van der Waals surface area contributed by atoms with Crippen molar-refractivity contribution in [2.75, 3.05) is 13.6 Å². The molecule has 0 spiro atoms. The van der Waals surface area contributed by atoms with Crippen molar-refractivity contribution in [1.29, 1.82) is 0 Å². The highest BCUT2D eigenvalue weighted by Crippen LogP contribution is 2.25. The van der Waals surface area contributed by atoms with Gasteiger partial charge in [0.05, 0.1) is 6.10 Å². The van der Waals surface area contributed by atoms with Gasteiger partial charge in [0.25, 0.3) is 0 Å². The van der Waals surface area contributed by atoms with E-state index in [1.165, 1.54) is 9.78 Å². The van der Waals surface area contributed by atoms with Crippen LogP contribution in [0.3, 0.4) is 0 Å². The maximum atomic E-state index is 11.7. The predicted octanol–water partition coefficient (Wildman–Crippen LogP) is 3.35. The Morgan fingerprint density at radius 2 is 2.11 bits per heavy atom. The van der Waals surface area contributed by atoms with Crippen molar-refractivity contribution in [2.45, 2.75) is 45.8 Å². The summed E-state index contributed by atoms with van der Waals surface area (Å²) in [6.07, 6.45) is -0.374. The summed E-state index contributed by atoms with van der Waals surface area (Å²) in [7, 11) is 1.68. The zero-order valence-electron chi connectivity index (χ0n) is 12.3. The van der Waals surface area contributed by atoms with E-state index in [0.29, 0.717) is 13.0 Å². The number of aliphatic hydroxyl groups is 1. The van der Waals surface area contributed by atoms with Gasteiger partial charge in [0.15, 0.2) is 0 Å². The molecular formula is C14H23NO3S. The number of aryl methyl sites for hydroxylation is 1. The molecule has 1 N–H and O–H groups in total. The second-order valence-electron chi connectivity index (χ2n) is 5.65. The minimum atomic E-state index is -0.524. The van der Waals surface area contributed by atoms with Gasteiger partial charge >= 0.3 is 6.09 Å². The van der Waals surface area contributed by atoms with Crippen LogP contribution in [0, 0.1) is 6.92 Å². The van der Waals surface area contributed by atoms with Gasteiger partial charge in [-0.3, -0.25) is 0 Å². The van der Waals surface area contributed by atoms with Crippen molar-refractivity contribution in [2.24, 2.45) is 0 Å². The highest BCUT2D eigenvalue weighted by molar-refractivity contribution is 7.12. The average molecular weight is 285 g/mol. The Bertz CT molecular complexity index is 423. The third-order valence-electron chi connectivity index (χ3n) is 2.53. The summed E-state index contributed by atoms with van der Waals surface area (Å²) in [5.41, 5.74) is -0.491. The molecule has 0 saturated carbocycles. The maximum Gasteiger partial charge on any atom is 0.410 e. The van der Waals surface area contributed by atoms with E-state index in [9.17, 15) is 9.90 Å². The Morgan fingerprint density at radius 1 is 1.47 bits per heavy atom. The summed E-state index contributed by atoms with van der Waals surface area (Å²) < 4.78 is 5.25. The molecule has 5 heteroatoms. The quantitative estimate of drug-likeness (QED) is 0.923. The van der Waals surface area contributed by atoms with Crippen LogP contribution in [0.1, 0.15) is 43.1 Å². The Hall–Kier alpha value is -1.07. The number of amides is 1. The van der Waals surface area contributed by atoms with Gasteiger partial charge in [-0.25, -0.2) is 4.79 Å². The number of carbonyl (C=O) groups excluding carboxylic acids is 1. The van der Waals surface area contributed by atoms with E-state index < -0.39 is 11.7 Å². The molecule has 4 nitrogen and oxygen atoms in total. The minimum Gasteiger partial charge on any atom is -0.444 e. The zero-order valence-corrected chi connectivity index (χ0v) is 13.1. The van der Waals surface area contributed by atoms with Gasteiger partial charge < -0.3 is 14.7 Å². The van der Waals surface area contributed by atoms with E-state index in [-0.39, 0.29) is 6.09 Å². The highest BCUT2D eigenvalue weighted by Gasteiger charge is 2.20. The lowest BCUT2D eigenvalue weighted by atomic mass is 10.2. The van der Waals surface area contributed by atoms with Crippen LogP contribution in [0.2, 0.25) is 0 Å². The van der Waals surface area contributed by atoms with Crippen LogP contribution in [-0.4, -0.2) is 35.3 Å². The molecule has 0 aromatic carbocycles. The molecule has 1 atom stereocenters. The largest absolute Gasteiger partial charge is 0.444 e. The standard InChI is InChI=1S/C14H23NO3S/c1-10-6-7-12(19-10)11(16)8-9-15(5)13(17)18-14(2,3)4/h6-7,11,16H,8-9H2,1-5H3. The van der Waals surface area contributed by atoms with Crippen LogP contribution in [-0.2, 0) is 4.74 Å². The van der Waals surface area contributed by atoms with Crippen LogP contribution in [0.25, 0.3) is 0 Å². The van der Waals surface area contributed by atoms with Gasteiger partial charge in [-0.1, -0.05) is 0 Å². The molecule has 1 aromatic heterocycles. The van der Waals surface area contributed by atoms with Gasteiger partial charge in [-0.2, -0.15) is 0 Å². The van der Waals surface area contributed by atoms with Gasteiger partial charge in [0.1, 0.15) is 5.60 Å². The molecule has 1 unspecified atom stereocenters. The Kier molecular flexibility index (Phi) is 5.38. The first-order valence-corrected chi connectivity index (χ1v) is 7.19. The van der Waals surface area contributed by atoms with Crippen LogP contribution in [0.4, 0.5) is 4.79 Å². The first kappa shape index (κ1) is 16.0.